The number of carbonyl (C=O) groups is 1. The van der Waals surface area contributed by atoms with Gasteiger partial charge in [-0.05, 0) is 6.07 Å². The molecule has 5 nitrogen and oxygen atoms in total. The van der Waals surface area contributed by atoms with Crippen LogP contribution in [0.2, 0.25) is 0 Å². The van der Waals surface area contributed by atoms with Crippen LogP contribution in [-0.4, -0.2) is 66.8 Å². The van der Waals surface area contributed by atoms with Crippen LogP contribution in [0, 0.1) is 5.82 Å². The van der Waals surface area contributed by atoms with E-state index in [0.717, 1.165) is 0 Å². The van der Waals surface area contributed by atoms with Crippen molar-refractivity contribution in [2.75, 3.05) is 39.9 Å². The Balaban J connectivity index is 1.86. The summed E-state index contributed by atoms with van der Waals surface area (Å²) in [5.74, 6) is -0.374. The zero-order chi connectivity index (χ0) is 15.2. The summed E-state index contributed by atoms with van der Waals surface area (Å²) in [6.45, 7) is 2.17. The topological polar surface area (TPSA) is 53.0 Å². The van der Waals surface area contributed by atoms with Crippen molar-refractivity contribution in [1.29, 1.82) is 0 Å². The molecule has 0 aliphatic carbocycles. The van der Waals surface area contributed by atoms with Gasteiger partial charge in [-0.25, -0.2) is 4.39 Å². The van der Waals surface area contributed by atoms with Crippen molar-refractivity contribution < 1.29 is 19.0 Å². The van der Waals surface area contributed by atoms with Crippen LogP contribution in [0.5, 0.6) is 0 Å². The molecule has 1 atom stereocenters. The van der Waals surface area contributed by atoms with Gasteiger partial charge >= 0.3 is 0 Å². The minimum absolute atomic E-state index is 0.0459. The highest BCUT2D eigenvalue weighted by atomic mass is 19.1. The summed E-state index contributed by atoms with van der Waals surface area (Å²) in [4.78, 5) is 15.6. The Labute approximate surface area is 123 Å². The Bertz CT molecular complexity index is 484. The lowest BCUT2D eigenvalue weighted by atomic mass is 10.2. The molecule has 2 rings (SSSR count). The number of hydrogen-bond acceptors (Lipinski definition) is 4. The third kappa shape index (κ3) is 4.49. The molecule has 0 spiro atoms. The predicted octanol–water partition coefficient (Wildman–Crippen LogP) is 0.477. The highest BCUT2D eigenvalue weighted by Gasteiger charge is 2.22. The van der Waals surface area contributed by atoms with Crippen LogP contribution in [0.15, 0.2) is 24.3 Å². The zero-order valence-electron chi connectivity index (χ0n) is 12.2. The molecular formula is C15H21FN2O3. The average molecular weight is 296 g/mol. The molecular weight excluding hydrogens is 275 g/mol. The maximum absolute atomic E-state index is 13.6. The molecule has 0 bridgehead atoms. The number of carbonyl (C=O) groups excluding carboxylic acids is 1. The van der Waals surface area contributed by atoms with Crippen molar-refractivity contribution in [3.8, 4) is 0 Å². The van der Waals surface area contributed by atoms with Crippen LogP contribution in [0.25, 0.3) is 0 Å². The molecule has 0 radical (unpaired) electrons. The first kappa shape index (κ1) is 15.9. The summed E-state index contributed by atoms with van der Waals surface area (Å²) in [5.41, 5.74) is 0.503. The van der Waals surface area contributed by atoms with Gasteiger partial charge in [0.1, 0.15) is 5.82 Å². The first-order valence-electron chi connectivity index (χ1n) is 7.02. The number of benzene rings is 1. The molecule has 1 heterocycles. The van der Waals surface area contributed by atoms with E-state index in [0.29, 0.717) is 25.3 Å². The van der Waals surface area contributed by atoms with E-state index in [4.69, 9.17) is 9.84 Å². The molecule has 1 fully saturated rings. The summed E-state index contributed by atoms with van der Waals surface area (Å²) in [6, 6.07) is 6.45. The number of aliphatic hydroxyl groups excluding tert-OH is 1. The smallest absolute Gasteiger partial charge is 0.236 e. The molecule has 21 heavy (non-hydrogen) atoms. The lowest BCUT2D eigenvalue weighted by molar-refractivity contribution is -0.134. The number of ether oxygens (including phenoxy) is 1. The van der Waals surface area contributed by atoms with E-state index in [1.54, 1.807) is 25.2 Å². The van der Waals surface area contributed by atoms with Crippen LogP contribution < -0.4 is 0 Å². The zero-order valence-corrected chi connectivity index (χ0v) is 12.2. The van der Waals surface area contributed by atoms with E-state index in [2.05, 4.69) is 0 Å². The van der Waals surface area contributed by atoms with Crippen LogP contribution in [0.3, 0.4) is 0 Å². The number of halogens is 1. The number of likely N-dealkylation sites (N-methyl/N-ethyl adjacent to an activating group) is 1. The van der Waals surface area contributed by atoms with Gasteiger partial charge in [0.2, 0.25) is 5.91 Å². The Hall–Kier alpha value is -1.50. The monoisotopic (exact) mass is 296 g/mol. The first-order chi connectivity index (χ1) is 10.1. The van der Waals surface area contributed by atoms with E-state index >= 15 is 0 Å². The van der Waals surface area contributed by atoms with Crippen LogP contribution in [0.4, 0.5) is 4.39 Å². The van der Waals surface area contributed by atoms with E-state index < -0.39 is 0 Å². The number of amides is 1. The molecule has 1 aromatic carbocycles. The van der Waals surface area contributed by atoms with Crippen molar-refractivity contribution >= 4 is 5.91 Å². The normalized spacial score (nSPS) is 19.5. The second kappa shape index (κ2) is 7.49. The number of rotatable bonds is 5. The highest BCUT2D eigenvalue weighted by Crippen LogP contribution is 2.10. The quantitative estimate of drug-likeness (QED) is 0.858. The average Bonchev–Trinajstić information content (AvgIpc) is 2.49. The third-order valence-corrected chi connectivity index (χ3v) is 3.58. The van der Waals surface area contributed by atoms with Crippen molar-refractivity contribution in [3.63, 3.8) is 0 Å². The van der Waals surface area contributed by atoms with Gasteiger partial charge < -0.3 is 14.7 Å². The van der Waals surface area contributed by atoms with Gasteiger partial charge in [-0.2, -0.15) is 0 Å². The molecule has 1 amide bonds. The Morgan fingerprint density at radius 2 is 2.29 bits per heavy atom. The van der Waals surface area contributed by atoms with Crippen molar-refractivity contribution in [1.82, 2.24) is 9.80 Å². The van der Waals surface area contributed by atoms with Gasteiger partial charge in [0, 0.05) is 32.2 Å². The Morgan fingerprint density at radius 3 is 3.00 bits per heavy atom. The minimum atomic E-state index is -0.302. The lowest BCUT2D eigenvalue weighted by Gasteiger charge is -2.32. The van der Waals surface area contributed by atoms with Crippen LogP contribution in [0.1, 0.15) is 5.56 Å². The fourth-order valence-corrected chi connectivity index (χ4v) is 2.32. The maximum atomic E-state index is 13.6. The molecule has 1 aromatic rings. The first-order valence-corrected chi connectivity index (χ1v) is 7.02. The number of hydrogen-bond donors (Lipinski definition) is 1. The van der Waals surface area contributed by atoms with Crippen LogP contribution in [-0.2, 0) is 16.1 Å². The van der Waals surface area contributed by atoms with Gasteiger partial charge in [-0.3, -0.25) is 9.69 Å². The van der Waals surface area contributed by atoms with E-state index in [9.17, 15) is 9.18 Å². The molecule has 1 aliphatic heterocycles. The molecule has 116 valence electrons. The van der Waals surface area contributed by atoms with Gasteiger partial charge in [0.05, 0.1) is 25.9 Å². The van der Waals surface area contributed by atoms with Crippen molar-refractivity contribution in [2.45, 2.75) is 12.6 Å². The minimum Gasteiger partial charge on any atom is -0.394 e. The summed E-state index contributed by atoms with van der Waals surface area (Å²) >= 11 is 0. The summed E-state index contributed by atoms with van der Waals surface area (Å²) in [6.07, 6.45) is -0.233. The fraction of sp³-hybridized carbons (Fsp3) is 0.533. The number of aliphatic hydroxyl groups is 1. The largest absolute Gasteiger partial charge is 0.394 e. The van der Waals surface area contributed by atoms with Crippen molar-refractivity contribution in [3.05, 3.63) is 35.6 Å². The SMILES string of the molecule is CN(Cc1ccccc1F)C(=O)CN1CCOC(CO)C1. The molecule has 6 heteroatoms. The summed E-state index contributed by atoms with van der Waals surface area (Å²) in [5, 5.41) is 9.09. The highest BCUT2D eigenvalue weighted by molar-refractivity contribution is 5.78. The van der Waals surface area contributed by atoms with E-state index in [1.807, 2.05) is 4.90 Å². The van der Waals surface area contributed by atoms with Gasteiger partial charge in [0.15, 0.2) is 0 Å². The van der Waals surface area contributed by atoms with Crippen molar-refractivity contribution in [2.24, 2.45) is 0 Å². The molecule has 0 saturated carbocycles. The van der Waals surface area contributed by atoms with Gasteiger partial charge in [-0.1, -0.05) is 18.2 Å². The summed E-state index contributed by atoms with van der Waals surface area (Å²) in [7, 11) is 1.67. The van der Waals surface area contributed by atoms with E-state index in [1.165, 1.54) is 11.0 Å². The lowest BCUT2D eigenvalue weighted by Crippen LogP contribution is -2.48. The van der Waals surface area contributed by atoms with Gasteiger partial charge in [-0.15, -0.1) is 0 Å². The second-order valence-electron chi connectivity index (χ2n) is 5.25. The number of nitrogens with zero attached hydrogens (tertiary/aromatic N) is 2. The molecule has 0 aromatic heterocycles. The Morgan fingerprint density at radius 1 is 1.52 bits per heavy atom. The second-order valence-corrected chi connectivity index (χ2v) is 5.25. The third-order valence-electron chi connectivity index (χ3n) is 3.58. The number of morpholine rings is 1. The Kier molecular flexibility index (Phi) is 5.67. The molecule has 1 unspecified atom stereocenters. The van der Waals surface area contributed by atoms with Gasteiger partial charge in [0.25, 0.3) is 0 Å². The van der Waals surface area contributed by atoms with Crippen LogP contribution >= 0.6 is 0 Å². The van der Waals surface area contributed by atoms with E-state index in [-0.39, 0.29) is 37.5 Å². The molecule has 1 N–H and O–H groups in total. The molecule has 1 saturated heterocycles. The fourth-order valence-electron chi connectivity index (χ4n) is 2.32. The predicted molar refractivity (Wildman–Crippen MR) is 76.1 cm³/mol. The maximum Gasteiger partial charge on any atom is 0.236 e. The summed E-state index contributed by atoms with van der Waals surface area (Å²) < 4.78 is 18.9. The molecule has 1 aliphatic rings. The standard InChI is InChI=1S/C15H21FN2O3/c1-17(8-12-4-2-3-5-14(12)16)15(20)10-18-6-7-21-13(9-18)11-19/h2-5,13,19H,6-11H2,1H3.